The van der Waals surface area contributed by atoms with Crippen molar-refractivity contribution in [2.45, 2.75) is 64.3 Å². The first-order valence-electron chi connectivity index (χ1n) is 7.54. The van der Waals surface area contributed by atoms with Crippen molar-refractivity contribution < 1.29 is 9.53 Å². The fourth-order valence-electron chi connectivity index (χ4n) is 2.54. The van der Waals surface area contributed by atoms with Crippen molar-refractivity contribution in [3.05, 3.63) is 30.1 Å². The van der Waals surface area contributed by atoms with E-state index in [9.17, 15) is 4.79 Å². The van der Waals surface area contributed by atoms with E-state index in [-0.39, 0.29) is 12.1 Å². The first kappa shape index (κ1) is 15.8. The summed E-state index contributed by atoms with van der Waals surface area (Å²) in [6.07, 6.45) is 6.34. The van der Waals surface area contributed by atoms with E-state index in [4.69, 9.17) is 4.74 Å². The minimum absolute atomic E-state index is 0.200. The third-order valence-corrected chi connectivity index (χ3v) is 3.47. The number of aromatic nitrogens is 1. The smallest absolute Gasteiger partial charge is 0.407 e. The Labute approximate surface area is 126 Å². The predicted molar refractivity (Wildman–Crippen MR) is 81.9 cm³/mol. The summed E-state index contributed by atoms with van der Waals surface area (Å²) in [5.41, 5.74) is 0.738. The largest absolute Gasteiger partial charge is 0.444 e. The fraction of sp³-hybridized carbons (Fsp3) is 0.625. The van der Waals surface area contributed by atoms with Gasteiger partial charge in [-0.25, -0.2) is 4.79 Å². The molecular weight excluding hydrogens is 266 g/mol. The van der Waals surface area contributed by atoms with Gasteiger partial charge in [0.15, 0.2) is 0 Å². The maximum atomic E-state index is 11.7. The highest BCUT2D eigenvalue weighted by Crippen LogP contribution is 2.20. The van der Waals surface area contributed by atoms with Crippen LogP contribution in [0.4, 0.5) is 4.79 Å². The number of pyridine rings is 1. The Bertz CT molecular complexity index is 456. The Balaban J connectivity index is 1.70. The molecule has 5 heteroatoms. The van der Waals surface area contributed by atoms with Crippen LogP contribution in [0.2, 0.25) is 0 Å². The van der Waals surface area contributed by atoms with Gasteiger partial charge < -0.3 is 15.4 Å². The van der Waals surface area contributed by atoms with Crippen LogP contribution in [0.5, 0.6) is 0 Å². The second kappa shape index (κ2) is 6.89. The van der Waals surface area contributed by atoms with E-state index in [0.717, 1.165) is 25.8 Å². The molecule has 5 nitrogen and oxygen atoms in total. The van der Waals surface area contributed by atoms with E-state index >= 15 is 0 Å². The van der Waals surface area contributed by atoms with E-state index in [1.807, 2.05) is 33.0 Å². The second-order valence-corrected chi connectivity index (χ2v) is 6.60. The average molecular weight is 291 g/mol. The minimum atomic E-state index is -0.444. The van der Waals surface area contributed by atoms with Gasteiger partial charge in [-0.15, -0.1) is 0 Å². The molecule has 0 aliphatic heterocycles. The Morgan fingerprint density at radius 3 is 2.81 bits per heavy atom. The zero-order chi connectivity index (χ0) is 15.3. The lowest BCUT2D eigenvalue weighted by molar-refractivity contribution is 0.0505. The summed E-state index contributed by atoms with van der Waals surface area (Å²) in [6.45, 7) is 6.44. The summed E-state index contributed by atoms with van der Waals surface area (Å²) in [5.74, 6) is 0. The zero-order valence-corrected chi connectivity index (χ0v) is 13.1. The van der Waals surface area contributed by atoms with Crippen molar-refractivity contribution in [1.82, 2.24) is 15.6 Å². The predicted octanol–water partition coefficient (Wildman–Crippen LogP) is 2.62. The van der Waals surface area contributed by atoms with Crippen molar-refractivity contribution >= 4 is 6.09 Å². The lowest BCUT2D eigenvalue weighted by Crippen LogP contribution is -2.38. The lowest BCUT2D eigenvalue weighted by Gasteiger charge is -2.21. The molecule has 0 spiro atoms. The molecule has 1 aromatic heterocycles. The first-order chi connectivity index (χ1) is 9.92. The van der Waals surface area contributed by atoms with Crippen LogP contribution in [-0.4, -0.2) is 28.8 Å². The van der Waals surface area contributed by atoms with Gasteiger partial charge in [0, 0.05) is 31.0 Å². The third kappa shape index (κ3) is 5.71. The molecule has 2 unspecified atom stereocenters. The van der Waals surface area contributed by atoms with Gasteiger partial charge in [0.1, 0.15) is 5.60 Å². The molecule has 1 aliphatic carbocycles. The van der Waals surface area contributed by atoms with Crippen molar-refractivity contribution in [3.8, 4) is 0 Å². The van der Waals surface area contributed by atoms with Gasteiger partial charge in [-0.2, -0.15) is 0 Å². The van der Waals surface area contributed by atoms with Crippen molar-refractivity contribution in [3.63, 3.8) is 0 Å². The third-order valence-electron chi connectivity index (χ3n) is 3.47. The van der Waals surface area contributed by atoms with E-state index in [1.54, 1.807) is 6.20 Å². The maximum absolute atomic E-state index is 11.7. The Morgan fingerprint density at radius 2 is 2.14 bits per heavy atom. The molecule has 0 aromatic carbocycles. The molecule has 1 aliphatic rings. The van der Waals surface area contributed by atoms with E-state index < -0.39 is 5.60 Å². The number of rotatable bonds is 4. The lowest BCUT2D eigenvalue weighted by atomic mass is 10.2. The van der Waals surface area contributed by atoms with Crippen LogP contribution in [0.1, 0.15) is 45.6 Å². The molecule has 1 aromatic rings. The van der Waals surface area contributed by atoms with Crippen LogP contribution in [0.15, 0.2) is 24.5 Å². The minimum Gasteiger partial charge on any atom is -0.444 e. The van der Waals surface area contributed by atoms with Crippen LogP contribution >= 0.6 is 0 Å². The van der Waals surface area contributed by atoms with Gasteiger partial charge in [-0.3, -0.25) is 4.98 Å². The average Bonchev–Trinajstić information content (AvgIpc) is 2.83. The number of carbonyl (C=O) groups excluding carboxylic acids is 1. The summed E-state index contributed by atoms with van der Waals surface area (Å²) in [6, 6.07) is 4.64. The van der Waals surface area contributed by atoms with Crippen molar-refractivity contribution in [2.75, 3.05) is 0 Å². The Hall–Kier alpha value is -1.62. The fourth-order valence-corrected chi connectivity index (χ4v) is 2.54. The van der Waals surface area contributed by atoms with Gasteiger partial charge in [-0.1, -0.05) is 6.07 Å². The number of nitrogens with one attached hydrogen (secondary N) is 2. The number of ether oxygens (including phenoxy) is 1. The SMILES string of the molecule is CC(C)(C)OC(=O)NC1CCC(NCc2cccnc2)C1. The summed E-state index contributed by atoms with van der Waals surface area (Å²) >= 11 is 0. The summed E-state index contributed by atoms with van der Waals surface area (Å²) < 4.78 is 5.29. The topological polar surface area (TPSA) is 63.2 Å². The molecule has 2 rings (SSSR count). The maximum Gasteiger partial charge on any atom is 0.407 e. The molecule has 1 heterocycles. The molecule has 1 amide bonds. The number of nitrogens with zero attached hydrogens (tertiary/aromatic N) is 1. The molecule has 0 saturated heterocycles. The zero-order valence-electron chi connectivity index (χ0n) is 13.1. The summed E-state index contributed by atoms with van der Waals surface area (Å²) in [4.78, 5) is 15.8. The molecule has 21 heavy (non-hydrogen) atoms. The molecule has 2 N–H and O–H groups in total. The van der Waals surface area contributed by atoms with Gasteiger partial charge in [0.2, 0.25) is 0 Å². The quantitative estimate of drug-likeness (QED) is 0.895. The summed E-state index contributed by atoms with van der Waals surface area (Å²) in [7, 11) is 0. The Kier molecular flexibility index (Phi) is 5.17. The highest BCUT2D eigenvalue weighted by molar-refractivity contribution is 5.68. The monoisotopic (exact) mass is 291 g/mol. The molecule has 1 saturated carbocycles. The number of carbonyl (C=O) groups is 1. The van der Waals surface area contributed by atoms with E-state index in [2.05, 4.69) is 21.7 Å². The van der Waals surface area contributed by atoms with Crippen molar-refractivity contribution in [2.24, 2.45) is 0 Å². The molecule has 2 atom stereocenters. The molecular formula is C16H25N3O2. The van der Waals surface area contributed by atoms with E-state index in [1.165, 1.54) is 5.56 Å². The van der Waals surface area contributed by atoms with Crippen molar-refractivity contribution in [1.29, 1.82) is 0 Å². The molecule has 116 valence electrons. The van der Waals surface area contributed by atoms with E-state index in [0.29, 0.717) is 6.04 Å². The summed E-state index contributed by atoms with van der Waals surface area (Å²) in [5, 5.41) is 6.47. The van der Waals surface area contributed by atoms with Gasteiger partial charge in [-0.05, 0) is 51.7 Å². The van der Waals surface area contributed by atoms with Crippen LogP contribution in [0.3, 0.4) is 0 Å². The molecule has 1 fully saturated rings. The van der Waals surface area contributed by atoms with Crippen LogP contribution in [-0.2, 0) is 11.3 Å². The van der Waals surface area contributed by atoms with Gasteiger partial charge in [0.05, 0.1) is 0 Å². The first-order valence-corrected chi connectivity index (χ1v) is 7.54. The number of amides is 1. The van der Waals surface area contributed by atoms with Gasteiger partial charge in [0.25, 0.3) is 0 Å². The Morgan fingerprint density at radius 1 is 1.38 bits per heavy atom. The number of hydrogen-bond donors (Lipinski definition) is 2. The number of hydrogen-bond acceptors (Lipinski definition) is 4. The van der Waals surface area contributed by atoms with Gasteiger partial charge >= 0.3 is 6.09 Å². The second-order valence-electron chi connectivity index (χ2n) is 6.60. The van der Waals surface area contributed by atoms with Crippen LogP contribution in [0.25, 0.3) is 0 Å². The molecule has 0 radical (unpaired) electrons. The standard InChI is InChI=1S/C16H25N3O2/c1-16(2,3)21-15(20)19-14-7-6-13(9-14)18-11-12-5-4-8-17-10-12/h4-5,8,10,13-14,18H,6-7,9,11H2,1-3H3,(H,19,20). The highest BCUT2D eigenvalue weighted by atomic mass is 16.6. The molecule has 0 bridgehead atoms. The van der Waals surface area contributed by atoms with Crippen LogP contribution in [0, 0.1) is 0 Å². The van der Waals surface area contributed by atoms with Crippen LogP contribution < -0.4 is 10.6 Å². The normalized spacial score (nSPS) is 22.0. The highest BCUT2D eigenvalue weighted by Gasteiger charge is 2.27. The number of alkyl carbamates (subject to hydrolysis) is 1.